The number of pyridine rings is 1. The van der Waals surface area contributed by atoms with Crippen LogP contribution < -0.4 is 4.74 Å². The third-order valence-corrected chi connectivity index (χ3v) is 2.76. The van der Waals surface area contributed by atoms with Crippen LogP contribution in [0.15, 0.2) is 36.5 Å². The standard InChI is InChI=1S/C13H11ClN2O4/c14-10-7-11(16(18)19)13(15-8-10)20-12-4-2-1-3-9(12)5-6-17/h1-4,7-8,17H,5-6H2. The summed E-state index contributed by atoms with van der Waals surface area (Å²) >= 11 is 5.69. The molecule has 0 aliphatic heterocycles. The van der Waals surface area contributed by atoms with Crippen molar-refractivity contribution in [3.05, 3.63) is 57.2 Å². The van der Waals surface area contributed by atoms with Crippen molar-refractivity contribution in [1.82, 2.24) is 4.98 Å². The topological polar surface area (TPSA) is 85.5 Å². The fraction of sp³-hybridized carbons (Fsp3) is 0.154. The number of aliphatic hydroxyl groups excluding tert-OH is 1. The summed E-state index contributed by atoms with van der Waals surface area (Å²) in [6, 6.07) is 8.14. The fourth-order valence-corrected chi connectivity index (χ4v) is 1.81. The van der Waals surface area contributed by atoms with Crippen LogP contribution in [0, 0.1) is 10.1 Å². The SMILES string of the molecule is O=[N+]([O-])c1cc(Cl)cnc1Oc1ccccc1CCO. The van der Waals surface area contributed by atoms with Crippen molar-refractivity contribution >= 4 is 17.3 Å². The molecule has 0 atom stereocenters. The molecule has 1 aromatic heterocycles. The predicted molar refractivity (Wildman–Crippen MR) is 73.2 cm³/mol. The smallest absolute Gasteiger partial charge is 0.332 e. The van der Waals surface area contributed by atoms with Crippen molar-refractivity contribution in [3.63, 3.8) is 0 Å². The number of para-hydroxylation sites is 1. The minimum absolute atomic E-state index is 0.0451. The summed E-state index contributed by atoms with van der Waals surface area (Å²) < 4.78 is 5.49. The lowest BCUT2D eigenvalue weighted by molar-refractivity contribution is -0.386. The molecule has 0 unspecified atom stereocenters. The Morgan fingerprint density at radius 2 is 2.15 bits per heavy atom. The molecule has 1 N–H and O–H groups in total. The predicted octanol–water partition coefficient (Wildman–Crippen LogP) is 2.97. The second-order valence-corrected chi connectivity index (χ2v) is 4.35. The van der Waals surface area contributed by atoms with Crippen LogP contribution in [0.4, 0.5) is 5.69 Å². The zero-order chi connectivity index (χ0) is 14.5. The average molecular weight is 295 g/mol. The number of aromatic nitrogens is 1. The highest BCUT2D eigenvalue weighted by atomic mass is 35.5. The molecule has 0 aliphatic rings. The molecule has 1 aromatic carbocycles. The summed E-state index contributed by atoms with van der Waals surface area (Å²) in [5.41, 5.74) is 0.428. The molecule has 0 radical (unpaired) electrons. The third-order valence-electron chi connectivity index (χ3n) is 2.56. The van der Waals surface area contributed by atoms with Crippen LogP contribution >= 0.6 is 11.6 Å². The highest BCUT2D eigenvalue weighted by molar-refractivity contribution is 6.30. The van der Waals surface area contributed by atoms with Crippen LogP contribution in [0.2, 0.25) is 5.02 Å². The molecule has 0 bridgehead atoms. The molecule has 0 spiro atoms. The van der Waals surface area contributed by atoms with Crippen LogP contribution in [0.5, 0.6) is 11.6 Å². The Morgan fingerprint density at radius 1 is 1.40 bits per heavy atom. The summed E-state index contributed by atoms with van der Waals surface area (Å²) in [7, 11) is 0. The highest BCUT2D eigenvalue weighted by Gasteiger charge is 2.19. The largest absolute Gasteiger partial charge is 0.433 e. The van der Waals surface area contributed by atoms with E-state index in [1.807, 2.05) is 0 Å². The first-order chi connectivity index (χ1) is 9.61. The lowest BCUT2D eigenvalue weighted by atomic mass is 10.1. The number of hydrogen-bond donors (Lipinski definition) is 1. The molecule has 7 heteroatoms. The van der Waals surface area contributed by atoms with E-state index in [1.54, 1.807) is 24.3 Å². The van der Waals surface area contributed by atoms with Crippen LogP contribution in [0.1, 0.15) is 5.56 Å². The number of rotatable bonds is 5. The molecular weight excluding hydrogens is 284 g/mol. The van der Waals surface area contributed by atoms with E-state index in [0.717, 1.165) is 5.56 Å². The van der Waals surface area contributed by atoms with Crippen LogP contribution in [0.3, 0.4) is 0 Å². The Morgan fingerprint density at radius 3 is 2.85 bits per heavy atom. The first kappa shape index (κ1) is 14.2. The Balaban J connectivity index is 2.37. The lowest BCUT2D eigenvalue weighted by Crippen LogP contribution is -1.99. The van der Waals surface area contributed by atoms with Gasteiger partial charge in [-0.05, 0) is 18.1 Å². The zero-order valence-electron chi connectivity index (χ0n) is 10.3. The van der Waals surface area contributed by atoms with E-state index in [-0.39, 0.29) is 23.2 Å². The maximum Gasteiger partial charge on any atom is 0.332 e. The number of benzene rings is 1. The maximum absolute atomic E-state index is 11.0. The van der Waals surface area contributed by atoms with Gasteiger partial charge in [0.1, 0.15) is 5.75 Å². The summed E-state index contributed by atoms with van der Waals surface area (Å²) in [6.45, 7) is -0.0451. The molecule has 1 heterocycles. The van der Waals surface area contributed by atoms with Crippen molar-refractivity contribution in [1.29, 1.82) is 0 Å². The van der Waals surface area contributed by atoms with Crippen molar-refractivity contribution in [3.8, 4) is 11.6 Å². The molecule has 0 saturated heterocycles. The molecule has 104 valence electrons. The van der Waals surface area contributed by atoms with Gasteiger partial charge in [0.05, 0.1) is 16.1 Å². The zero-order valence-corrected chi connectivity index (χ0v) is 11.1. The Hall–Kier alpha value is -2.18. The number of aliphatic hydroxyl groups is 1. The van der Waals surface area contributed by atoms with Gasteiger partial charge in [-0.3, -0.25) is 10.1 Å². The van der Waals surface area contributed by atoms with E-state index in [2.05, 4.69) is 4.98 Å². The van der Waals surface area contributed by atoms with E-state index < -0.39 is 4.92 Å². The molecule has 0 fully saturated rings. The maximum atomic E-state index is 11.0. The minimum Gasteiger partial charge on any atom is -0.433 e. The van der Waals surface area contributed by atoms with Crippen molar-refractivity contribution in [2.45, 2.75) is 6.42 Å². The summed E-state index contributed by atoms with van der Waals surface area (Å²) in [5, 5.41) is 20.1. The number of ether oxygens (including phenoxy) is 1. The lowest BCUT2D eigenvalue weighted by Gasteiger charge is -2.09. The van der Waals surface area contributed by atoms with Crippen LogP contribution in [0.25, 0.3) is 0 Å². The first-order valence-electron chi connectivity index (χ1n) is 5.78. The van der Waals surface area contributed by atoms with Gasteiger partial charge in [0.2, 0.25) is 0 Å². The van der Waals surface area contributed by atoms with Gasteiger partial charge in [-0.15, -0.1) is 0 Å². The van der Waals surface area contributed by atoms with Crippen molar-refractivity contribution in [2.75, 3.05) is 6.61 Å². The number of nitrogens with zero attached hydrogens (tertiary/aromatic N) is 2. The molecule has 2 rings (SSSR count). The highest BCUT2D eigenvalue weighted by Crippen LogP contribution is 2.32. The van der Waals surface area contributed by atoms with Crippen LogP contribution in [-0.4, -0.2) is 21.6 Å². The van der Waals surface area contributed by atoms with Gasteiger partial charge in [-0.1, -0.05) is 29.8 Å². The van der Waals surface area contributed by atoms with Crippen LogP contribution in [-0.2, 0) is 6.42 Å². The van der Waals surface area contributed by atoms with Gasteiger partial charge in [-0.2, -0.15) is 0 Å². The summed E-state index contributed by atoms with van der Waals surface area (Å²) in [5.74, 6) is 0.282. The van der Waals surface area contributed by atoms with E-state index in [1.165, 1.54) is 12.3 Å². The van der Waals surface area contributed by atoms with Gasteiger partial charge in [0.15, 0.2) is 0 Å². The van der Waals surface area contributed by atoms with E-state index in [4.69, 9.17) is 21.4 Å². The first-order valence-corrected chi connectivity index (χ1v) is 6.16. The molecule has 0 amide bonds. The second kappa shape index (κ2) is 6.31. The second-order valence-electron chi connectivity index (χ2n) is 3.92. The monoisotopic (exact) mass is 294 g/mol. The van der Waals surface area contributed by atoms with Crippen molar-refractivity contribution in [2.24, 2.45) is 0 Å². The van der Waals surface area contributed by atoms with E-state index in [9.17, 15) is 10.1 Å². The Bertz CT molecular complexity index is 634. The van der Waals surface area contributed by atoms with E-state index in [0.29, 0.717) is 12.2 Å². The fourth-order valence-electron chi connectivity index (χ4n) is 1.66. The number of nitro groups is 1. The van der Waals surface area contributed by atoms with Gasteiger partial charge in [-0.25, -0.2) is 4.98 Å². The normalized spacial score (nSPS) is 10.3. The molecule has 0 saturated carbocycles. The van der Waals surface area contributed by atoms with Gasteiger partial charge in [0.25, 0.3) is 5.88 Å². The number of hydrogen-bond acceptors (Lipinski definition) is 5. The minimum atomic E-state index is -0.608. The molecule has 2 aromatic rings. The number of halogens is 1. The quantitative estimate of drug-likeness (QED) is 0.677. The third kappa shape index (κ3) is 3.23. The molecule has 6 nitrogen and oxygen atoms in total. The summed E-state index contributed by atoms with van der Waals surface area (Å²) in [4.78, 5) is 14.2. The van der Waals surface area contributed by atoms with Crippen molar-refractivity contribution < 1.29 is 14.8 Å². The average Bonchev–Trinajstić information content (AvgIpc) is 2.43. The van der Waals surface area contributed by atoms with E-state index >= 15 is 0 Å². The summed E-state index contributed by atoms with van der Waals surface area (Å²) in [6.07, 6.45) is 1.66. The Kier molecular flexibility index (Phi) is 4.49. The van der Waals surface area contributed by atoms with Gasteiger partial charge in [0, 0.05) is 12.7 Å². The van der Waals surface area contributed by atoms with Gasteiger partial charge < -0.3 is 9.84 Å². The Labute approximate surface area is 119 Å². The molecular formula is C13H11ClN2O4. The molecule has 20 heavy (non-hydrogen) atoms. The molecule has 0 aliphatic carbocycles. The van der Waals surface area contributed by atoms with Gasteiger partial charge >= 0.3 is 5.69 Å².